The molecule has 0 aromatic heterocycles. The second-order valence-electron chi connectivity index (χ2n) is 3.91. The van der Waals surface area contributed by atoms with Crippen LogP contribution in [0.1, 0.15) is 25.3 Å². The standard InChI is InChI=1S/C14H14Cl2N2O/c1-2-3-7-18-14(19)10(9-17)8-11-12(15)5-4-6-13(11)16/h4-6,8H,2-3,7H2,1H3,(H,18,19)/b10-8+. The third kappa shape index (κ3) is 4.59. The molecule has 0 heterocycles. The maximum absolute atomic E-state index is 11.8. The number of carbonyl (C=O) groups excluding carboxylic acids is 1. The number of carbonyl (C=O) groups is 1. The summed E-state index contributed by atoms with van der Waals surface area (Å²) in [6, 6.07) is 6.88. The van der Waals surface area contributed by atoms with Crippen LogP contribution in [0.25, 0.3) is 6.08 Å². The van der Waals surface area contributed by atoms with E-state index in [9.17, 15) is 4.79 Å². The number of rotatable bonds is 5. The number of halogens is 2. The normalized spacial score (nSPS) is 10.9. The Morgan fingerprint density at radius 1 is 1.42 bits per heavy atom. The number of nitriles is 1. The first-order valence-corrected chi connectivity index (χ1v) is 6.69. The molecule has 0 saturated carbocycles. The average molecular weight is 297 g/mol. The van der Waals surface area contributed by atoms with Crippen LogP contribution in [0.5, 0.6) is 0 Å². The molecule has 0 aliphatic rings. The highest BCUT2D eigenvalue weighted by Crippen LogP contribution is 2.26. The Morgan fingerprint density at radius 3 is 2.58 bits per heavy atom. The number of hydrogen-bond donors (Lipinski definition) is 1. The van der Waals surface area contributed by atoms with Crippen LogP contribution in [0.15, 0.2) is 23.8 Å². The minimum absolute atomic E-state index is 0.00824. The maximum atomic E-state index is 11.8. The molecule has 0 atom stereocenters. The first-order chi connectivity index (χ1) is 9.10. The summed E-state index contributed by atoms with van der Waals surface area (Å²) in [5, 5.41) is 12.5. The fourth-order valence-electron chi connectivity index (χ4n) is 1.42. The zero-order chi connectivity index (χ0) is 14.3. The van der Waals surface area contributed by atoms with Gasteiger partial charge in [0.05, 0.1) is 0 Å². The Morgan fingerprint density at radius 2 is 2.05 bits per heavy atom. The first kappa shape index (κ1) is 15.6. The molecule has 1 aromatic rings. The molecule has 0 bridgehead atoms. The maximum Gasteiger partial charge on any atom is 0.261 e. The number of hydrogen-bond acceptors (Lipinski definition) is 2. The lowest BCUT2D eigenvalue weighted by molar-refractivity contribution is -0.117. The van der Waals surface area contributed by atoms with E-state index in [1.165, 1.54) is 6.08 Å². The van der Waals surface area contributed by atoms with E-state index >= 15 is 0 Å². The van der Waals surface area contributed by atoms with Gasteiger partial charge >= 0.3 is 0 Å². The summed E-state index contributed by atoms with van der Waals surface area (Å²) in [5.74, 6) is -0.410. The van der Waals surface area contributed by atoms with Gasteiger partial charge in [0.1, 0.15) is 11.6 Å². The molecule has 0 spiro atoms. The Hall–Kier alpha value is -1.50. The predicted octanol–water partition coefficient (Wildman–Crippen LogP) is 3.82. The molecule has 1 aromatic carbocycles. The van der Waals surface area contributed by atoms with Gasteiger partial charge in [0.2, 0.25) is 0 Å². The molecule has 0 aliphatic carbocycles. The van der Waals surface area contributed by atoms with Crippen molar-refractivity contribution in [1.82, 2.24) is 5.32 Å². The fourth-order valence-corrected chi connectivity index (χ4v) is 1.92. The smallest absolute Gasteiger partial charge is 0.261 e. The lowest BCUT2D eigenvalue weighted by Crippen LogP contribution is -2.25. The van der Waals surface area contributed by atoms with Crippen LogP contribution in [-0.2, 0) is 4.79 Å². The molecule has 1 rings (SSSR count). The van der Waals surface area contributed by atoms with Crippen molar-refractivity contribution in [2.75, 3.05) is 6.54 Å². The molecular weight excluding hydrogens is 283 g/mol. The van der Waals surface area contributed by atoms with Gasteiger partial charge in [-0.25, -0.2) is 0 Å². The van der Waals surface area contributed by atoms with E-state index < -0.39 is 5.91 Å². The minimum Gasteiger partial charge on any atom is -0.351 e. The molecule has 0 aliphatic heterocycles. The number of nitrogens with one attached hydrogen (secondary N) is 1. The van der Waals surface area contributed by atoms with Crippen LogP contribution in [0.3, 0.4) is 0 Å². The molecular formula is C14H14Cl2N2O. The van der Waals surface area contributed by atoms with Crippen LogP contribution in [0, 0.1) is 11.3 Å². The number of unbranched alkanes of at least 4 members (excludes halogenated alkanes) is 1. The highest BCUT2D eigenvalue weighted by atomic mass is 35.5. The van der Waals surface area contributed by atoms with Crippen molar-refractivity contribution < 1.29 is 4.79 Å². The summed E-state index contributed by atoms with van der Waals surface area (Å²) < 4.78 is 0. The summed E-state index contributed by atoms with van der Waals surface area (Å²) in [6.45, 7) is 2.57. The molecule has 100 valence electrons. The van der Waals surface area contributed by atoms with E-state index in [0.29, 0.717) is 22.2 Å². The summed E-state index contributed by atoms with van der Waals surface area (Å²) in [4.78, 5) is 11.8. The zero-order valence-corrected chi connectivity index (χ0v) is 12.1. The van der Waals surface area contributed by atoms with Crippen molar-refractivity contribution in [2.24, 2.45) is 0 Å². The molecule has 0 unspecified atom stereocenters. The average Bonchev–Trinajstić information content (AvgIpc) is 2.38. The first-order valence-electron chi connectivity index (χ1n) is 5.94. The van der Waals surface area contributed by atoms with Gasteiger partial charge in [0.15, 0.2) is 0 Å². The number of nitrogens with zero attached hydrogens (tertiary/aromatic N) is 1. The van der Waals surface area contributed by atoms with E-state index in [1.54, 1.807) is 18.2 Å². The van der Waals surface area contributed by atoms with E-state index in [-0.39, 0.29) is 5.57 Å². The zero-order valence-electron chi connectivity index (χ0n) is 10.5. The molecule has 3 nitrogen and oxygen atoms in total. The van der Waals surface area contributed by atoms with Gasteiger partial charge in [-0.3, -0.25) is 4.79 Å². The summed E-state index contributed by atoms with van der Waals surface area (Å²) in [7, 11) is 0. The Labute approximate surface area is 122 Å². The van der Waals surface area contributed by atoms with Crippen LogP contribution in [0.4, 0.5) is 0 Å². The third-order valence-corrected chi connectivity index (χ3v) is 3.13. The van der Waals surface area contributed by atoms with Crippen LogP contribution >= 0.6 is 23.2 Å². The highest BCUT2D eigenvalue weighted by Gasteiger charge is 2.11. The van der Waals surface area contributed by atoms with Crippen molar-refractivity contribution in [2.45, 2.75) is 19.8 Å². The lowest BCUT2D eigenvalue weighted by Gasteiger charge is -2.05. The number of benzene rings is 1. The summed E-state index contributed by atoms with van der Waals surface area (Å²) in [6.07, 6.45) is 3.26. The largest absolute Gasteiger partial charge is 0.351 e. The highest BCUT2D eigenvalue weighted by molar-refractivity contribution is 6.37. The number of amides is 1. The van der Waals surface area contributed by atoms with E-state index in [2.05, 4.69) is 5.32 Å². The predicted molar refractivity (Wildman–Crippen MR) is 78.0 cm³/mol. The fraction of sp³-hybridized carbons (Fsp3) is 0.286. The van der Waals surface area contributed by atoms with E-state index in [4.69, 9.17) is 28.5 Å². The van der Waals surface area contributed by atoms with Crippen molar-refractivity contribution >= 4 is 35.2 Å². The van der Waals surface area contributed by atoms with E-state index in [0.717, 1.165) is 12.8 Å². The molecule has 0 radical (unpaired) electrons. The van der Waals surface area contributed by atoms with Crippen LogP contribution < -0.4 is 5.32 Å². The van der Waals surface area contributed by atoms with Crippen LogP contribution in [-0.4, -0.2) is 12.5 Å². The van der Waals surface area contributed by atoms with E-state index in [1.807, 2.05) is 13.0 Å². The summed E-state index contributed by atoms with van der Waals surface area (Å²) in [5.41, 5.74) is 0.471. The quantitative estimate of drug-likeness (QED) is 0.510. The van der Waals surface area contributed by atoms with Gasteiger partial charge in [0.25, 0.3) is 5.91 Å². The molecule has 0 saturated heterocycles. The topological polar surface area (TPSA) is 52.9 Å². The van der Waals surface area contributed by atoms with Gasteiger partial charge < -0.3 is 5.32 Å². The van der Waals surface area contributed by atoms with Gasteiger partial charge in [-0.05, 0) is 24.6 Å². The second kappa shape index (κ2) is 7.83. The molecule has 1 amide bonds. The van der Waals surface area contributed by atoms with Gasteiger partial charge in [-0.2, -0.15) is 5.26 Å². The molecule has 0 fully saturated rings. The third-order valence-electron chi connectivity index (χ3n) is 2.47. The van der Waals surface area contributed by atoms with Crippen LogP contribution in [0.2, 0.25) is 10.0 Å². The monoisotopic (exact) mass is 296 g/mol. The van der Waals surface area contributed by atoms with Crippen molar-refractivity contribution in [3.63, 3.8) is 0 Å². The Kier molecular flexibility index (Phi) is 6.41. The van der Waals surface area contributed by atoms with Gasteiger partial charge in [-0.1, -0.05) is 42.6 Å². The molecule has 5 heteroatoms. The Balaban J connectivity index is 2.94. The summed E-state index contributed by atoms with van der Waals surface area (Å²) >= 11 is 12.0. The minimum atomic E-state index is -0.410. The second-order valence-corrected chi connectivity index (χ2v) is 4.73. The molecule has 19 heavy (non-hydrogen) atoms. The lowest BCUT2D eigenvalue weighted by atomic mass is 10.1. The molecule has 1 N–H and O–H groups in total. The van der Waals surface area contributed by atoms with Crippen molar-refractivity contribution in [3.05, 3.63) is 39.4 Å². The van der Waals surface area contributed by atoms with Crippen molar-refractivity contribution in [3.8, 4) is 6.07 Å². The van der Waals surface area contributed by atoms with Crippen molar-refractivity contribution in [1.29, 1.82) is 5.26 Å². The SMILES string of the molecule is CCCCNC(=O)/C(C#N)=C/c1c(Cl)cccc1Cl. The van der Waals surface area contributed by atoms with Gasteiger partial charge in [-0.15, -0.1) is 0 Å². The van der Waals surface area contributed by atoms with Gasteiger partial charge in [0, 0.05) is 22.2 Å². The Bertz CT molecular complexity index is 512.